The summed E-state index contributed by atoms with van der Waals surface area (Å²) in [5.41, 5.74) is 2.00. The van der Waals surface area contributed by atoms with E-state index in [-0.39, 0.29) is 5.91 Å². The average Bonchev–Trinajstić information content (AvgIpc) is 2.61. The summed E-state index contributed by atoms with van der Waals surface area (Å²) in [6.45, 7) is 0. The van der Waals surface area contributed by atoms with Crippen LogP contribution in [-0.4, -0.2) is 18.3 Å². The molecule has 0 aromatic heterocycles. The highest BCUT2D eigenvalue weighted by atomic mass is 16.1. The lowest BCUT2D eigenvalue weighted by Crippen LogP contribution is -1.96. The van der Waals surface area contributed by atoms with Crippen LogP contribution in [0.1, 0.15) is 5.56 Å². The van der Waals surface area contributed by atoms with Gasteiger partial charge in [0.2, 0.25) is 0 Å². The molecule has 1 heterocycles. The average molecular weight is 184 g/mol. The number of hydrogen-bond donors (Lipinski definition) is 1. The van der Waals surface area contributed by atoms with Crippen LogP contribution in [0.2, 0.25) is 0 Å². The zero-order valence-electron chi connectivity index (χ0n) is 7.40. The summed E-state index contributed by atoms with van der Waals surface area (Å²) in [5, 5.41) is 7.13. The predicted octanol–water partition coefficient (Wildman–Crippen LogP) is 1.70. The molecule has 0 saturated carbocycles. The van der Waals surface area contributed by atoms with E-state index in [0.29, 0.717) is 5.57 Å². The number of nitrogens with zero attached hydrogens (tertiary/aromatic N) is 1. The second-order valence-corrected chi connectivity index (χ2v) is 2.90. The smallest absolute Gasteiger partial charge is 0.279 e. The molecule has 0 spiro atoms. The number of carbonyl (C=O) groups is 1. The molecule has 0 atom stereocenters. The first-order valence-corrected chi connectivity index (χ1v) is 4.21. The summed E-state index contributed by atoms with van der Waals surface area (Å²) in [6, 6.07) is 9.47. The molecule has 0 saturated heterocycles. The Bertz CT molecular complexity index is 444. The molecule has 14 heavy (non-hydrogen) atoms. The van der Waals surface area contributed by atoms with E-state index in [2.05, 4.69) is 4.99 Å². The van der Waals surface area contributed by atoms with E-state index >= 15 is 0 Å². The van der Waals surface area contributed by atoms with Gasteiger partial charge < -0.3 is 5.41 Å². The van der Waals surface area contributed by atoms with Crippen LogP contribution in [0.5, 0.6) is 0 Å². The minimum absolute atomic E-state index is 0.334. The van der Waals surface area contributed by atoms with Gasteiger partial charge in [0.25, 0.3) is 5.91 Å². The molecule has 2 rings (SSSR count). The van der Waals surface area contributed by atoms with Gasteiger partial charge in [0, 0.05) is 18.0 Å². The Morgan fingerprint density at radius 2 is 1.93 bits per heavy atom. The molecule has 68 valence electrons. The van der Waals surface area contributed by atoms with Crippen LogP contribution in [0.15, 0.2) is 40.9 Å². The van der Waals surface area contributed by atoms with E-state index in [1.807, 2.05) is 30.3 Å². The summed E-state index contributed by atoms with van der Waals surface area (Å²) in [4.78, 5) is 14.8. The molecule has 1 aromatic carbocycles. The van der Waals surface area contributed by atoms with Gasteiger partial charge in [-0.05, 0) is 5.56 Å². The molecule has 0 unspecified atom stereocenters. The van der Waals surface area contributed by atoms with Gasteiger partial charge >= 0.3 is 0 Å². The highest BCUT2D eigenvalue weighted by molar-refractivity contribution is 6.35. The molecule has 0 fully saturated rings. The Morgan fingerprint density at radius 3 is 2.57 bits per heavy atom. The first-order chi connectivity index (χ1) is 6.83. The van der Waals surface area contributed by atoms with Crippen molar-refractivity contribution in [3.63, 3.8) is 0 Å². The van der Waals surface area contributed by atoms with Crippen LogP contribution in [0.3, 0.4) is 0 Å². The lowest BCUT2D eigenvalue weighted by atomic mass is 10.0. The fraction of sp³-hybridized carbons (Fsp3) is 0. The number of hydrogen-bond acceptors (Lipinski definition) is 2. The Hall–Kier alpha value is -2.03. The van der Waals surface area contributed by atoms with Gasteiger partial charge in [-0.25, -0.2) is 4.99 Å². The normalized spacial score (nSPS) is 15.0. The minimum atomic E-state index is -0.334. The Morgan fingerprint density at radius 1 is 1.21 bits per heavy atom. The van der Waals surface area contributed by atoms with Crippen molar-refractivity contribution in [2.75, 3.05) is 0 Å². The molecule has 3 nitrogen and oxygen atoms in total. The fourth-order valence-electron chi connectivity index (χ4n) is 1.36. The molecule has 1 N–H and O–H groups in total. The second-order valence-electron chi connectivity index (χ2n) is 2.90. The molecule has 0 bridgehead atoms. The lowest BCUT2D eigenvalue weighted by molar-refractivity contribution is -0.113. The van der Waals surface area contributed by atoms with Crippen molar-refractivity contribution in [1.82, 2.24) is 0 Å². The first-order valence-electron chi connectivity index (χ1n) is 4.21. The van der Waals surface area contributed by atoms with E-state index in [0.717, 1.165) is 17.4 Å². The number of nitrogens with one attached hydrogen (secondary N) is 1. The summed E-state index contributed by atoms with van der Waals surface area (Å²) >= 11 is 0. The van der Waals surface area contributed by atoms with E-state index in [9.17, 15) is 4.79 Å². The number of allylic oxidation sites excluding steroid dienone is 1. The number of benzene rings is 1. The fourth-order valence-corrected chi connectivity index (χ4v) is 1.36. The van der Waals surface area contributed by atoms with Crippen LogP contribution < -0.4 is 0 Å². The topological polar surface area (TPSA) is 53.3 Å². The van der Waals surface area contributed by atoms with Gasteiger partial charge in [-0.15, -0.1) is 0 Å². The standard InChI is InChI=1S/C11H8N2O/c12-6-9-10(7-13-11(9)14)8-4-2-1-3-5-8/h1-7,12H. The Balaban J connectivity index is 2.54. The van der Waals surface area contributed by atoms with Crippen molar-refractivity contribution >= 4 is 23.9 Å². The van der Waals surface area contributed by atoms with Gasteiger partial charge in [-0.2, -0.15) is 0 Å². The van der Waals surface area contributed by atoms with Crippen molar-refractivity contribution in [3.8, 4) is 0 Å². The van der Waals surface area contributed by atoms with Crippen molar-refractivity contribution in [3.05, 3.63) is 41.5 Å². The van der Waals surface area contributed by atoms with E-state index in [1.54, 1.807) is 0 Å². The largest absolute Gasteiger partial charge is 0.308 e. The van der Waals surface area contributed by atoms with Gasteiger partial charge in [0.05, 0.1) is 5.57 Å². The van der Waals surface area contributed by atoms with Crippen molar-refractivity contribution in [1.29, 1.82) is 5.41 Å². The quantitative estimate of drug-likeness (QED) is 0.699. The maximum atomic E-state index is 11.2. The molecule has 1 aromatic rings. The van der Waals surface area contributed by atoms with Crippen LogP contribution in [-0.2, 0) is 4.79 Å². The highest BCUT2D eigenvalue weighted by Crippen LogP contribution is 2.20. The summed E-state index contributed by atoms with van der Waals surface area (Å²) in [5.74, 6) is -0.334. The maximum Gasteiger partial charge on any atom is 0.279 e. The number of carbonyl (C=O) groups excluding carboxylic acids is 1. The highest BCUT2D eigenvalue weighted by Gasteiger charge is 2.17. The van der Waals surface area contributed by atoms with Crippen molar-refractivity contribution in [2.24, 2.45) is 4.99 Å². The molecule has 0 radical (unpaired) electrons. The molecular weight excluding hydrogens is 176 g/mol. The van der Waals surface area contributed by atoms with Crippen LogP contribution in [0, 0.1) is 5.41 Å². The number of aliphatic imine (C=N–C) groups is 1. The Kier molecular flexibility index (Phi) is 2.07. The molecule has 1 aliphatic heterocycles. The summed E-state index contributed by atoms with van der Waals surface area (Å²) in [6.07, 6.45) is 2.57. The van der Waals surface area contributed by atoms with Crippen LogP contribution >= 0.6 is 0 Å². The molecular formula is C11H8N2O. The third-order valence-electron chi connectivity index (χ3n) is 2.06. The zero-order valence-corrected chi connectivity index (χ0v) is 7.40. The lowest BCUT2D eigenvalue weighted by Gasteiger charge is -1.98. The number of amides is 1. The zero-order chi connectivity index (χ0) is 9.97. The van der Waals surface area contributed by atoms with Gasteiger partial charge in [0.1, 0.15) is 0 Å². The SMILES string of the molecule is N=CC1=C(c2ccccc2)C=NC1=O. The van der Waals surface area contributed by atoms with Crippen LogP contribution in [0.4, 0.5) is 0 Å². The van der Waals surface area contributed by atoms with Crippen molar-refractivity contribution in [2.45, 2.75) is 0 Å². The third kappa shape index (κ3) is 1.29. The van der Waals surface area contributed by atoms with Gasteiger partial charge in [0.15, 0.2) is 0 Å². The molecule has 0 aliphatic carbocycles. The maximum absolute atomic E-state index is 11.2. The van der Waals surface area contributed by atoms with Gasteiger partial charge in [-0.3, -0.25) is 4.79 Å². The molecule has 1 amide bonds. The molecule has 3 heteroatoms. The summed E-state index contributed by atoms with van der Waals surface area (Å²) < 4.78 is 0. The minimum Gasteiger partial charge on any atom is -0.308 e. The Labute approximate surface area is 81.3 Å². The summed E-state index contributed by atoms with van der Waals surface area (Å²) in [7, 11) is 0. The first kappa shape index (κ1) is 8.56. The van der Waals surface area contributed by atoms with E-state index < -0.39 is 0 Å². The molecule has 1 aliphatic rings. The van der Waals surface area contributed by atoms with E-state index in [1.165, 1.54) is 6.21 Å². The van der Waals surface area contributed by atoms with Crippen molar-refractivity contribution < 1.29 is 4.79 Å². The second kappa shape index (κ2) is 3.38. The van der Waals surface area contributed by atoms with Gasteiger partial charge in [-0.1, -0.05) is 30.3 Å². The third-order valence-corrected chi connectivity index (χ3v) is 2.06. The van der Waals surface area contributed by atoms with Crippen LogP contribution in [0.25, 0.3) is 5.57 Å². The number of rotatable bonds is 2. The monoisotopic (exact) mass is 184 g/mol. The predicted molar refractivity (Wildman–Crippen MR) is 55.6 cm³/mol. The van der Waals surface area contributed by atoms with E-state index in [4.69, 9.17) is 5.41 Å².